The predicted molar refractivity (Wildman–Crippen MR) is 68.6 cm³/mol. The van der Waals surface area contributed by atoms with Crippen molar-refractivity contribution in [3.63, 3.8) is 0 Å². The normalized spacial score (nSPS) is 17.7. The monoisotopic (exact) mass is 271 g/mol. The third-order valence-corrected chi connectivity index (χ3v) is 3.40. The van der Waals surface area contributed by atoms with Crippen molar-refractivity contribution >= 4 is 17.9 Å². The van der Waals surface area contributed by atoms with Crippen LogP contribution in [-0.2, 0) is 9.59 Å². The van der Waals surface area contributed by atoms with Gasteiger partial charge in [-0.1, -0.05) is 6.92 Å². The van der Waals surface area contributed by atoms with Crippen molar-refractivity contribution in [1.29, 1.82) is 0 Å². The van der Waals surface area contributed by atoms with Crippen LogP contribution < -0.4 is 10.6 Å². The summed E-state index contributed by atoms with van der Waals surface area (Å²) >= 11 is 0. The standard InChI is InChI=1S/C12H21N3O4/c1-3-9(11(17)18)14-12(19)15-6-4-8(5-7-15)10(16)13-2/h8-9H,3-7H2,1-2H3,(H,13,16)(H,14,19)(H,17,18)/t9-/m0/s1. The fourth-order valence-corrected chi connectivity index (χ4v) is 2.13. The van der Waals surface area contributed by atoms with Gasteiger partial charge in [0.05, 0.1) is 0 Å². The second kappa shape index (κ2) is 6.96. The Morgan fingerprint density at radius 2 is 1.89 bits per heavy atom. The van der Waals surface area contributed by atoms with E-state index in [0.29, 0.717) is 32.4 Å². The van der Waals surface area contributed by atoms with E-state index in [0.717, 1.165) is 0 Å². The molecule has 7 heteroatoms. The summed E-state index contributed by atoms with van der Waals surface area (Å²) in [5.74, 6) is -1.09. The molecule has 1 atom stereocenters. The fourth-order valence-electron chi connectivity index (χ4n) is 2.13. The molecule has 0 aliphatic carbocycles. The van der Waals surface area contributed by atoms with E-state index >= 15 is 0 Å². The topological polar surface area (TPSA) is 98.7 Å². The number of nitrogens with zero attached hydrogens (tertiary/aromatic N) is 1. The van der Waals surface area contributed by atoms with Crippen LogP contribution in [0.25, 0.3) is 0 Å². The van der Waals surface area contributed by atoms with Gasteiger partial charge in [0.15, 0.2) is 0 Å². The SMILES string of the molecule is CC[C@H](NC(=O)N1CCC(C(=O)NC)CC1)C(=O)O. The minimum absolute atomic E-state index is 0.00275. The van der Waals surface area contributed by atoms with Crippen LogP contribution in [-0.4, -0.2) is 54.1 Å². The summed E-state index contributed by atoms with van der Waals surface area (Å²) in [4.78, 5) is 35.7. The first-order chi connectivity index (χ1) is 8.99. The first-order valence-corrected chi connectivity index (χ1v) is 6.49. The van der Waals surface area contributed by atoms with Gasteiger partial charge in [0.25, 0.3) is 0 Å². The molecule has 0 aromatic carbocycles. The highest BCUT2D eigenvalue weighted by Crippen LogP contribution is 2.17. The number of carboxylic acid groups (broad SMARTS) is 1. The lowest BCUT2D eigenvalue weighted by molar-refractivity contribution is -0.139. The Bertz CT molecular complexity index is 351. The molecule has 1 aliphatic heterocycles. The summed E-state index contributed by atoms with van der Waals surface area (Å²) in [6.45, 7) is 2.65. The summed E-state index contributed by atoms with van der Waals surface area (Å²) in [6, 6.07) is -1.23. The van der Waals surface area contributed by atoms with Gasteiger partial charge < -0.3 is 20.6 Å². The number of carbonyl (C=O) groups excluding carboxylic acids is 2. The van der Waals surface area contributed by atoms with Gasteiger partial charge in [-0.05, 0) is 19.3 Å². The summed E-state index contributed by atoms with van der Waals surface area (Å²) in [6.07, 6.45) is 1.56. The van der Waals surface area contributed by atoms with Gasteiger partial charge in [-0.3, -0.25) is 4.79 Å². The van der Waals surface area contributed by atoms with Crippen LogP contribution >= 0.6 is 0 Å². The van der Waals surface area contributed by atoms with Crippen LogP contribution in [0.1, 0.15) is 26.2 Å². The Morgan fingerprint density at radius 1 is 1.32 bits per heavy atom. The smallest absolute Gasteiger partial charge is 0.326 e. The first-order valence-electron chi connectivity index (χ1n) is 6.49. The van der Waals surface area contributed by atoms with E-state index in [9.17, 15) is 14.4 Å². The molecule has 1 rings (SSSR count). The number of hydrogen-bond donors (Lipinski definition) is 3. The molecule has 0 bridgehead atoms. The lowest BCUT2D eigenvalue weighted by Crippen LogP contribution is -2.51. The van der Waals surface area contributed by atoms with Gasteiger partial charge in [0.2, 0.25) is 5.91 Å². The summed E-state index contributed by atoms with van der Waals surface area (Å²) in [5, 5.41) is 14.0. The molecule has 1 saturated heterocycles. The lowest BCUT2D eigenvalue weighted by Gasteiger charge is -2.31. The molecule has 1 fully saturated rings. The highest BCUT2D eigenvalue weighted by molar-refractivity contribution is 5.83. The van der Waals surface area contributed by atoms with Crippen LogP contribution in [0.5, 0.6) is 0 Å². The van der Waals surface area contributed by atoms with Crippen molar-refractivity contribution in [2.75, 3.05) is 20.1 Å². The largest absolute Gasteiger partial charge is 0.480 e. The molecule has 0 aromatic rings. The number of nitrogens with one attached hydrogen (secondary N) is 2. The van der Waals surface area contributed by atoms with E-state index < -0.39 is 12.0 Å². The molecule has 0 spiro atoms. The van der Waals surface area contributed by atoms with E-state index in [-0.39, 0.29) is 17.9 Å². The molecule has 3 N–H and O–H groups in total. The molecule has 0 unspecified atom stereocenters. The van der Waals surface area contributed by atoms with E-state index in [1.807, 2.05) is 0 Å². The summed E-state index contributed by atoms with van der Waals surface area (Å²) in [5.41, 5.74) is 0. The second-order valence-electron chi connectivity index (χ2n) is 4.62. The Hall–Kier alpha value is -1.79. The second-order valence-corrected chi connectivity index (χ2v) is 4.62. The number of likely N-dealkylation sites (tertiary alicyclic amines) is 1. The van der Waals surface area contributed by atoms with Crippen LogP contribution in [0.2, 0.25) is 0 Å². The fraction of sp³-hybridized carbons (Fsp3) is 0.750. The van der Waals surface area contributed by atoms with Crippen molar-refractivity contribution in [3.8, 4) is 0 Å². The molecule has 3 amide bonds. The van der Waals surface area contributed by atoms with Crippen LogP contribution in [0, 0.1) is 5.92 Å². The zero-order valence-corrected chi connectivity index (χ0v) is 11.3. The van der Waals surface area contributed by atoms with Crippen LogP contribution in [0.4, 0.5) is 4.79 Å². The van der Waals surface area contributed by atoms with Gasteiger partial charge in [-0.15, -0.1) is 0 Å². The Labute approximate surface area is 112 Å². The highest BCUT2D eigenvalue weighted by Gasteiger charge is 2.28. The van der Waals surface area contributed by atoms with E-state index in [1.165, 1.54) is 0 Å². The molecule has 19 heavy (non-hydrogen) atoms. The van der Waals surface area contributed by atoms with Gasteiger partial charge in [0, 0.05) is 26.1 Å². The van der Waals surface area contributed by atoms with Crippen molar-refractivity contribution < 1.29 is 19.5 Å². The van der Waals surface area contributed by atoms with Crippen molar-refractivity contribution in [2.45, 2.75) is 32.2 Å². The van der Waals surface area contributed by atoms with Crippen molar-refractivity contribution in [3.05, 3.63) is 0 Å². The average Bonchev–Trinajstić information content (AvgIpc) is 2.43. The van der Waals surface area contributed by atoms with E-state index in [2.05, 4.69) is 10.6 Å². The quantitative estimate of drug-likeness (QED) is 0.671. The van der Waals surface area contributed by atoms with Gasteiger partial charge in [-0.25, -0.2) is 9.59 Å². The van der Waals surface area contributed by atoms with Crippen LogP contribution in [0.15, 0.2) is 0 Å². The minimum atomic E-state index is -1.03. The maximum Gasteiger partial charge on any atom is 0.326 e. The predicted octanol–water partition coefficient (Wildman–Crippen LogP) is 0.0172. The molecule has 7 nitrogen and oxygen atoms in total. The molecule has 1 aliphatic rings. The lowest BCUT2D eigenvalue weighted by atomic mass is 9.96. The Kier molecular flexibility index (Phi) is 5.59. The zero-order valence-electron chi connectivity index (χ0n) is 11.3. The number of carbonyl (C=O) groups is 3. The zero-order chi connectivity index (χ0) is 14.4. The number of carboxylic acids is 1. The van der Waals surface area contributed by atoms with Gasteiger partial charge in [-0.2, -0.15) is 0 Å². The van der Waals surface area contributed by atoms with Gasteiger partial charge in [0.1, 0.15) is 6.04 Å². The number of urea groups is 1. The third-order valence-electron chi connectivity index (χ3n) is 3.40. The number of hydrogen-bond acceptors (Lipinski definition) is 3. The van der Waals surface area contributed by atoms with Crippen molar-refractivity contribution in [1.82, 2.24) is 15.5 Å². The van der Waals surface area contributed by atoms with Gasteiger partial charge >= 0.3 is 12.0 Å². The van der Waals surface area contributed by atoms with E-state index in [4.69, 9.17) is 5.11 Å². The number of rotatable bonds is 4. The third kappa shape index (κ3) is 4.11. The number of piperidine rings is 1. The molecule has 108 valence electrons. The highest BCUT2D eigenvalue weighted by atomic mass is 16.4. The Morgan fingerprint density at radius 3 is 2.32 bits per heavy atom. The summed E-state index contributed by atoms with van der Waals surface area (Å²) < 4.78 is 0. The molecule has 1 heterocycles. The molecule has 0 saturated carbocycles. The molecular weight excluding hydrogens is 250 g/mol. The maximum absolute atomic E-state index is 11.9. The average molecular weight is 271 g/mol. The number of amides is 3. The molecular formula is C12H21N3O4. The van der Waals surface area contributed by atoms with Crippen LogP contribution in [0.3, 0.4) is 0 Å². The van der Waals surface area contributed by atoms with Crippen molar-refractivity contribution in [2.24, 2.45) is 5.92 Å². The van der Waals surface area contributed by atoms with E-state index in [1.54, 1.807) is 18.9 Å². The first kappa shape index (κ1) is 15.3. The minimum Gasteiger partial charge on any atom is -0.480 e. The molecule has 0 radical (unpaired) electrons. The maximum atomic E-state index is 11.9. The number of aliphatic carboxylic acids is 1. The Balaban J connectivity index is 2.44. The molecule has 0 aromatic heterocycles. The summed E-state index contributed by atoms with van der Waals surface area (Å²) in [7, 11) is 1.60.